The van der Waals surface area contributed by atoms with Gasteiger partial charge in [-0.1, -0.05) is 68.0 Å². The second-order valence-corrected chi connectivity index (χ2v) is 11.8. The molecule has 0 saturated heterocycles. The van der Waals surface area contributed by atoms with Gasteiger partial charge in [-0.2, -0.15) is 4.41 Å². The SMILES string of the molecule is CC/C=C(\NC1C2=C(CCC=C2)CC1C)C(Cc1ccccc1)CC(O)CN(N)Sc1ccc(C(N)=O)cc1. The topological polar surface area (TPSA) is 105 Å². The molecule has 7 heteroatoms. The summed E-state index contributed by atoms with van der Waals surface area (Å²) in [4.78, 5) is 12.2. The molecule has 0 heterocycles. The number of nitrogens with one attached hydrogen (secondary N) is 1. The van der Waals surface area contributed by atoms with Gasteiger partial charge in [-0.25, -0.2) is 0 Å². The van der Waals surface area contributed by atoms with Gasteiger partial charge in [0.25, 0.3) is 0 Å². The lowest BCUT2D eigenvalue weighted by atomic mass is 9.88. The predicted molar refractivity (Wildman–Crippen MR) is 160 cm³/mol. The third-order valence-electron chi connectivity index (χ3n) is 7.61. The number of hydrogen-bond acceptors (Lipinski definition) is 6. The smallest absolute Gasteiger partial charge is 0.248 e. The Morgan fingerprint density at radius 3 is 2.64 bits per heavy atom. The number of benzene rings is 2. The number of carbonyl (C=O) groups is 1. The number of hydrogen-bond donors (Lipinski definition) is 4. The van der Waals surface area contributed by atoms with Crippen LogP contribution in [0.1, 0.15) is 61.9 Å². The first-order valence-corrected chi connectivity index (χ1v) is 14.8. The Morgan fingerprint density at radius 2 is 1.95 bits per heavy atom. The van der Waals surface area contributed by atoms with E-state index in [1.54, 1.807) is 22.1 Å². The first kappa shape index (κ1) is 29.2. The lowest BCUT2D eigenvalue weighted by molar-refractivity contribution is 0.1000. The van der Waals surface area contributed by atoms with Crippen molar-refractivity contribution in [1.29, 1.82) is 0 Å². The molecule has 1 amide bonds. The monoisotopic (exact) mass is 546 g/mol. The van der Waals surface area contributed by atoms with E-state index in [0.29, 0.717) is 30.5 Å². The summed E-state index contributed by atoms with van der Waals surface area (Å²) < 4.78 is 1.56. The van der Waals surface area contributed by atoms with Crippen LogP contribution in [0, 0.1) is 11.8 Å². The first-order chi connectivity index (χ1) is 18.8. The van der Waals surface area contributed by atoms with Crippen LogP contribution < -0.4 is 16.9 Å². The van der Waals surface area contributed by atoms with Gasteiger partial charge in [0.1, 0.15) is 0 Å². The highest BCUT2D eigenvalue weighted by molar-refractivity contribution is 7.97. The van der Waals surface area contributed by atoms with Gasteiger partial charge in [0.05, 0.1) is 18.7 Å². The molecule has 0 aromatic heterocycles. The van der Waals surface area contributed by atoms with Crippen LogP contribution in [0.5, 0.6) is 0 Å². The molecule has 208 valence electrons. The standard InChI is InChI=1S/C32H42N4O2S/c1-3-9-30(35-31-22(2)18-25-12-7-8-13-29(25)31)26(19-23-10-5-4-6-11-23)20-27(37)21-36(34)39-28-16-14-24(15-17-28)32(33)38/h4-6,8-11,13-17,22,26-27,31,35,37H,3,7,12,18-21,34H2,1-2H3,(H2,33,38)/b30-9-. The van der Waals surface area contributed by atoms with E-state index >= 15 is 0 Å². The molecule has 6 nitrogen and oxygen atoms in total. The Hall–Kier alpha value is -2.84. The van der Waals surface area contributed by atoms with Crippen molar-refractivity contribution in [3.05, 3.63) is 101 Å². The average molecular weight is 547 g/mol. The molecule has 6 N–H and O–H groups in total. The number of hydrazine groups is 1. The number of nitrogens with zero attached hydrogens (tertiary/aromatic N) is 1. The number of amides is 1. The van der Waals surface area contributed by atoms with Crippen LogP contribution in [0.15, 0.2) is 94.6 Å². The maximum atomic E-state index is 11.3. The summed E-state index contributed by atoms with van der Waals surface area (Å²) in [5.74, 6) is 6.50. The molecule has 0 bridgehead atoms. The largest absolute Gasteiger partial charge is 0.392 e. The third kappa shape index (κ3) is 8.08. The minimum atomic E-state index is -0.617. The summed E-state index contributed by atoms with van der Waals surface area (Å²) in [6.07, 6.45) is 12.1. The summed E-state index contributed by atoms with van der Waals surface area (Å²) in [5, 5.41) is 15.2. The Bertz CT molecular complexity index is 1190. The summed E-state index contributed by atoms with van der Waals surface area (Å²) in [7, 11) is 0. The summed E-state index contributed by atoms with van der Waals surface area (Å²) in [6.45, 7) is 4.82. The molecule has 4 unspecified atom stereocenters. The number of aliphatic hydroxyl groups is 1. The van der Waals surface area contributed by atoms with E-state index in [1.165, 1.54) is 35.2 Å². The van der Waals surface area contributed by atoms with Crippen molar-refractivity contribution in [1.82, 2.24) is 9.73 Å². The van der Waals surface area contributed by atoms with Gasteiger partial charge in [-0.15, -0.1) is 0 Å². The lowest BCUT2D eigenvalue weighted by Gasteiger charge is -2.31. The molecule has 0 radical (unpaired) electrons. The van der Waals surface area contributed by atoms with Crippen LogP contribution in [0.2, 0.25) is 0 Å². The van der Waals surface area contributed by atoms with E-state index < -0.39 is 12.0 Å². The van der Waals surface area contributed by atoms with E-state index in [0.717, 1.165) is 30.6 Å². The number of nitrogens with two attached hydrogens (primary N) is 2. The fourth-order valence-electron chi connectivity index (χ4n) is 5.73. The Balaban J connectivity index is 1.47. The highest BCUT2D eigenvalue weighted by atomic mass is 32.2. The molecule has 0 saturated carbocycles. The van der Waals surface area contributed by atoms with Crippen molar-refractivity contribution >= 4 is 17.9 Å². The highest BCUT2D eigenvalue weighted by Crippen LogP contribution is 2.38. The van der Waals surface area contributed by atoms with E-state index in [9.17, 15) is 9.90 Å². The highest BCUT2D eigenvalue weighted by Gasteiger charge is 2.33. The Morgan fingerprint density at radius 1 is 1.21 bits per heavy atom. The number of allylic oxidation sites excluding steroid dienone is 4. The molecule has 4 rings (SSSR count). The molecule has 0 aliphatic heterocycles. The number of aliphatic hydroxyl groups excluding tert-OH is 1. The maximum absolute atomic E-state index is 11.3. The average Bonchev–Trinajstić information content (AvgIpc) is 3.23. The Kier molecular flexibility index (Phi) is 10.5. The summed E-state index contributed by atoms with van der Waals surface area (Å²) in [5.41, 5.74) is 11.3. The van der Waals surface area contributed by atoms with Crippen LogP contribution in [-0.4, -0.2) is 34.1 Å². The molecular formula is C32H42N4O2S. The Labute approximate surface area is 237 Å². The second kappa shape index (κ2) is 14.0. The van der Waals surface area contributed by atoms with Crippen molar-refractivity contribution in [2.45, 2.75) is 69.4 Å². The van der Waals surface area contributed by atoms with Gasteiger partial charge in [0, 0.05) is 22.1 Å². The molecule has 0 spiro atoms. The van der Waals surface area contributed by atoms with E-state index in [4.69, 9.17) is 11.6 Å². The van der Waals surface area contributed by atoms with Crippen molar-refractivity contribution in [2.75, 3.05) is 6.54 Å². The fraction of sp³-hybridized carbons (Fsp3) is 0.406. The number of rotatable bonds is 13. The third-order valence-corrected chi connectivity index (χ3v) is 8.48. The molecule has 2 aliphatic carbocycles. The van der Waals surface area contributed by atoms with Crippen LogP contribution in [0.3, 0.4) is 0 Å². The van der Waals surface area contributed by atoms with Gasteiger partial charge >= 0.3 is 0 Å². The minimum Gasteiger partial charge on any atom is -0.392 e. The van der Waals surface area contributed by atoms with Crippen molar-refractivity contribution in [2.24, 2.45) is 23.4 Å². The summed E-state index contributed by atoms with van der Waals surface area (Å²) in [6, 6.07) is 17.8. The molecule has 2 aromatic carbocycles. The van der Waals surface area contributed by atoms with Gasteiger partial charge in [0.15, 0.2) is 0 Å². The first-order valence-electron chi connectivity index (χ1n) is 14.0. The van der Waals surface area contributed by atoms with Crippen molar-refractivity contribution in [3.63, 3.8) is 0 Å². The zero-order valence-electron chi connectivity index (χ0n) is 23.1. The van der Waals surface area contributed by atoms with E-state index in [2.05, 4.69) is 61.7 Å². The zero-order valence-corrected chi connectivity index (χ0v) is 23.9. The van der Waals surface area contributed by atoms with E-state index in [1.807, 2.05) is 18.2 Å². The zero-order chi connectivity index (χ0) is 27.8. The molecule has 0 fully saturated rings. The van der Waals surface area contributed by atoms with Gasteiger partial charge < -0.3 is 16.2 Å². The van der Waals surface area contributed by atoms with Gasteiger partial charge in [-0.3, -0.25) is 10.6 Å². The fourth-order valence-corrected chi connectivity index (χ4v) is 6.51. The van der Waals surface area contributed by atoms with E-state index in [-0.39, 0.29) is 5.92 Å². The second-order valence-electron chi connectivity index (χ2n) is 10.7. The predicted octanol–water partition coefficient (Wildman–Crippen LogP) is 5.52. The minimum absolute atomic E-state index is 0.125. The number of primary amides is 1. The quantitative estimate of drug-likeness (QED) is 0.150. The van der Waals surface area contributed by atoms with Crippen molar-refractivity contribution < 1.29 is 9.90 Å². The van der Waals surface area contributed by atoms with Crippen LogP contribution >= 0.6 is 11.9 Å². The molecular weight excluding hydrogens is 504 g/mol. The normalized spacial score (nSPS) is 20.7. The van der Waals surface area contributed by atoms with Crippen LogP contribution in [-0.2, 0) is 6.42 Å². The molecule has 4 atom stereocenters. The number of carbonyl (C=O) groups excluding carboxylic acids is 1. The van der Waals surface area contributed by atoms with Crippen LogP contribution in [0.25, 0.3) is 0 Å². The summed E-state index contributed by atoms with van der Waals surface area (Å²) >= 11 is 1.34. The van der Waals surface area contributed by atoms with Crippen molar-refractivity contribution in [3.8, 4) is 0 Å². The van der Waals surface area contributed by atoms with Gasteiger partial charge in [0.2, 0.25) is 5.91 Å². The van der Waals surface area contributed by atoms with Crippen LogP contribution in [0.4, 0.5) is 0 Å². The van der Waals surface area contributed by atoms with Gasteiger partial charge in [-0.05, 0) is 91.8 Å². The molecule has 2 aromatic rings. The lowest BCUT2D eigenvalue weighted by Crippen LogP contribution is -2.38. The molecule has 39 heavy (non-hydrogen) atoms. The maximum Gasteiger partial charge on any atom is 0.248 e. The molecule has 2 aliphatic rings.